The first-order valence-corrected chi connectivity index (χ1v) is 13.3. The van der Waals surface area contributed by atoms with Gasteiger partial charge in [-0.15, -0.1) is 0 Å². The largest absolute Gasteiger partial charge is 0.352 e. The zero-order valence-corrected chi connectivity index (χ0v) is 21.8. The fourth-order valence-electron chi connectivity index (χ4n) is 4.82. The van der Waals surface area contributed by atoms with E-state index in [9.17, 15) is 14.4 Å². The first-order chi connectivity index (χ1) is 19.0. The Morgan fingerprint density at radius 3 is 2.08 bits per heavy atom. The lowest BCUT2D eigenvalue weighted by Crippen LogP contribution is -2.46. The van der Waals surface area contributed by atoms with Gasteiger partial charge in [-0.25, -0.2) is 0 Å². The average molecular weight is 521 g/mol. The second-order valence-corrected chi connectivity index (χ2v) is 9.81. The minimum Gasteiger partial charge on any atom is -0.352 e. The number of H-pyrrole nitrogens is 2. The van der Waals surface area contributed by atoms with E-state index in [1.807, 2.05) is 30.3 Å². The molecule has 0 saturated heterocycles. The Balaban J connectivity index is 1.13. The molecule has 0 saturated carbocycles. The third-order valence-corrected chi connectivity index (χ3v) is 6.98. The van der Waals surface area contributed by atoms with Crippen molar-refractivity contribution in [1.29, 1.82) is 0 Å². The number of rotatable bonds is 8. The molecule has 3 aromatic carbocycles. The molecule has 5 rings (SSSR count). The summed E-state index contributed by atoms with van der Waals surface area (Å²) in [6, 6.07) is 24.9. The number of aromatic nitrogens is 2. The molecule has 1 amide bonds. The van der Waals surface area contributed by atoms with Crippen LogP contribution in [-0.4, -0.2) is 40.4 Å². The van der Waals surface area contributed by atoms with Crippen LogP contribution in [-0.2, 0) is 13.0 Å². The van der Waals surface area contributed by atoms with E-state index >= 15 is 0 Å². The predicted molar refractivity (Wildman–Crippen MR) is 154 cm³/mol. The van der Waals surface area contributed by atoms with Gasteiger partial charge in [-0.1, -0.05) is 66.7 Å². The third kappa shape index (κ3) is 6.89. The van der Waals surface area contributed by atoms with E-state index in [0.717, 1.165) is 44.5 Å². The van der Waals surface area contributed by atoms with Crippen molar-refractivity contribution in [2.45, 2.75) is 25.8 Å². The summed E-state index contributed by atoms with van der Waals surface area (Å²) in [6.07, 6.45) is 6.27. The van der Waals surface area contributed by atoms with E-state index in [-0.39, 0.29) is 22.2 Å². The summed E-state index contributed by atoms with van der Waals surface area (Å²) in [5, 5.41) is 3.33. The lowest BCUT2D eigenvalue weighted by atomic mass is 10.00. The minimum atomic E-state index is -0.396. The van der Waals surface area contributed by atoms with Crippen molar-refractivity contribution in [3.05, 3.63) is 138 Å². The van der Waals surface area contributed by atoms with Gasteiger partial charge in [-0.2, -0.15) is 0 Å². The minimum absolute atomic E-state index is 0.125. The third-order valence-electron chi connectivity index (χ3n) is 6.98. The summed E-state index contributed by atoms with van der Waals surface area (Å²) in [5.74, 6) is -0.125. The van der Waals surface area contributed by atoms with Gasteiger partial charge in [0.1, 0.15) is 10.7 Å². The van der Waals surface area contributed by atoms with Gasteiger partial charge in [0.2, 0.25) is 0 Å². The topological polar surface area (TPSA) is 98.1 Å². The van der Waals surface area contributed by atoms with Gasteiger partial charge < -0.3 is 15.3 Å². The zero-order chi connectivity index (χ0) is 27.0. The highest BCUT2D eigenvalue weighted by atomic mass is 16.2. The van der Waals surface area contributed by atoms with Crippen LogP contribution in [0.4, 0.5) is 0 Å². The van der Waals surface area contributed by atoms with Crippen LogP contribution in [0.2, 0.25) is 0 Å². The fourth-order valence-corrected chi connectivity index (χ4v) is 4.82. The van der Waals surface area contributed by atoms with Crippen LogP contribution >= 0.6 is 0 Å². The summed E-state index contributed by atoms with van der Waals surface area (Å²) < 4.78 is 0. The Kier molecular flexibility index (Phi) is 8.29. The van der Waals surface area contributed by atoms with Gasteiger partial charge in [0, 0.05) is 25.2 Å². The number of nitrogens with zero attached hydrogens (tertiary/aromatic N) is 1. The van der Waals surface area contributed by atoms with Crippen molar-refractivity contribution in [3.63, 3.8) is 0 Å². The molecule has 0 radical (unpaired) electrons. The molecule has 1 aliphatic heterocycles. The highest BCUT2D eigenvalue weighted by Crippen LogP contribution is 2.18. The average Bonchev–Trinajstić information content (AvgIpc) is 2.96. The molecule has 0 fully saturated rings. The Bertz CT molecular complexity index is 1670. The van der Waals surface area contributed by atoms with Gasteiger partial charge in [-0.3, -0.25) is 19.3 Å². The van der Waals surface area contributed by atoms with Gasteiger partial charge in [-0.05, 0) is 72.3 Å². The van der Waals surface area contributed by atoms with Crippen LogP contribution < -0.4 is 27.1 Å². The maximum absolute atomic E-state index is 12.6. The van der Waals surface area contributed by atoms with Crippen molar-refractivity contribution in [2.24, 2.45) is 0 Å². The van der Waals surface area contributed by atoms with Crippen molar-refractivity contribution in [1.82, 2.24) is 20.2 Å². The van der Waals surface area contributed by atoms with E-state index in [1.165, 1.54) is 11.1 Å². The molecule has 0 spiro atoms. The normalized spacial score (nSPS) is 14.3. The summed E-state index contributed by atoms with van der Waals surface area (Å²) in [7, 11) is 0. The van der Waals surface area contributed by atoms with Crippen LogP contribution in [0.15, 0.2) is 88.5 Å². The lowest BCUT2D eigenvalue weighted by Gasteiger charge is -2.28. The van der Waals surface area contributed by atoms with E-state index in [0.29, 0.717) is 17.7 Å². The number of carbonyl (C=O) groups excluding carboxylic acids is 1. The molecule has 4 aromatic rings. The van der Waals surface area contributed by atoms with Crippen LogP contribution in [0.25, 0.3) is 12.2 Å². The Labute approximate surface area is 226 Å². The molecule has 1 aliphatic rings. The highest BCUT2D eigenvalue weighted by Gasteiger charge is 2.14. The van der Waals surface area contributed by atoms with Crippen molar-refractivity contribution in [2.75, 3.05) is 19.6 Å². The number of hydrogen-bond donors (Lipinski definition) is 3. The second-order valence-electron chi connectivity index (χ2n) is 9.81. The number of unbranched alkanes of at least 4 members (excludes halogenated alkanes) is 1. The van der Waals surface area contributed by atoms with Gasteiger partial charge in [0.05, 0.1) is 0 Å². The molecule has 7 heteroatoms. The summed E-state index contributed by atoms with van der Waals surface area (Å²) in [5.41, 5.74) is 4.17. The van der Waals surface area contributed by atoms with Crippen LogP contribution in [0, 0.1) is 0 Å². The number of aromatic amines is 2. The molecule has 198 valence electrons. The predicted octanol–water partition coefficient (Wildman–Crippen LogP) is 2.29. The molecular formula is C32H32N4O3. The van der Waals surface area contributed by atoms with E-state index < -0.39 is 5.56 Å². The van der Waals surface area contributed by atoms with Crippen molar-refractivity contribution >= 4 is 18.1 Å². The molecule has 1 aromatic heterocycles. The summed E-state index contributed by atoms with van der Waals surface area (Å²) >= 11 is 0. The second kappa shape index (κ2) is 12.4. The quantitative estimate of drug-likeness (QED) is 0.311. The van der Waals surface area contributed by atoms with Crippen LogP contribution in [0.5, 0.6) is 0 Å². The molecule has 0 unspecified atom stereocenters. The number of carbonyl (C=O) groups is 1. The SMILES string of the molecule is O=C(NCCCCN1CCc2ccccc2C1)c1ccc(/C=c2\[nH]c(=O)/c(=C/c3ccccc3)[nH]c2=O)cc1. The highest BCUT2D eigenvalue weighted by molar-refractivity contribution is 5.94. The van der Waals surface area contributed by atoms with Crippen LogP contribution in [0.3, 0.4) is 0 Å². The molecular weight excluding hydrogens is 488 g/mol. The van der Waals surface area contributed by atoms with Gasteiger partial charge in [0.25, 0.3) is 17.0 Å². The van der Waals surface area contributed by atoms with E-state index in [1.54, 1.807) is 36.4 Å². The number of hydrogen-bond acceptors (Lipinski definition) is 4. The smallest absolute Gasteiger partial charge is 0.272 e. The van der Waals surface area contributed by atoms with E-state index in [4.69, 9.17) is 0 Å². The van der Waals surface area contributed by atoms with Gasteiger partial charge in [0.15, 0.2) is 0 Å². The van der Waals surface area contributed by atoms with Crippen molar-refractivity contribution in [3.8, 4) is 0 Å². The summed E-state index contributed by atoms with van der Waals surface area (Å²) in [6.45, 7) is 3.74. The first-order valence-electron chi connectivity index (χ1n) is 13.3. The van der Waals surface area contributed by atoms with Crippen LogP contribution in [0.1, 0.15) is 45.5 Å². The fraction of sp³-hybridized carbons (Fsp3) is 0.219. The monoisotopic (exact) mass is 520 g/mol. The van der Waals surface area contributed by atoms with Crippen molar-refractivity contribution < 1.29 is 4.79 Å². The van der Waals surface area contributed by atoms with Gasteiger partial charge >= 0.3 is 0 Å². The molecule has 7 nitrogen and oxygen atoms in total. The molecule has 39 heavy (non-hydrogen) atoms. The number of nitrogens with one attached hydrogen (secondary N) is 3. The summed E-state index contributed by atoms with van der Waals surface area (Å²) in [4.78, 5) is 45.4. The number of benzene rings is 3. The maximum Gasteiger partial charge on any atom is 0.272 e. The molecule has 0 atom stereocenters. The Morgan fingerprint density at radius 2 is 1.38 bits per heavy atom. The molecule has 3 N–H and O–H groups in total. The number of amides is 1. The maximum atomic E-state index is 12.6. The van der Waals surface area contributed by atoms with E-state index in [2.05, 4.69) is 44.5 Å². The zero-order valence-electron chi connectivity index (χ0n) is 21.8. The Morgan fingerprint density at radius 1 is 0.769 bits per heavy atom. The molecule has 0 aliphatic carbocycles. The molecule has 2 heterocycles. The lowest BCUT2D eigenvalue weighted by molar-refractivity contribution is 0.0952. The first kappa shape index (κ1) is 26.1. The molecule has 0 bridgehead atoms. The standard InChI is InChI=1S/C32H32N4O3/c37-30(33-17-6-7-18-36-19-16-25-10-4-5-11-27(25)22-36)26-14-12-24(13-15-26)21-29-32(39)34-28(31(38)35-29)20-23-8-2-1-3-9-23/h1-5,8-15,20-21H,6-7,16-19,22H2,(H,33,37)(H,34,39)(H,35,38)/b28-20-,29-21-. The Hall–Kier alpha value is -4.49. The number of fused-ring (bicyclic) bond motifs is 1.